The van der Waals surface area contributed by atoms with Gasteiger partial charge in [0.2, 0.25) is 0 Å². The fourth-order valence-corrected chi connectivity index (χ4v) is 3.29. The number of rotatable bonds is 4. The minimum absolute atomic E-state index is 0.0864. The Morgan fingerprint density at radius 2 is 1.77 bits per heavy atom. The normalized spacial score (nSPS) is 10.8. The van der Waals surface area contributed by atoms with Gasteiger partial charge in [-0.15, -0.1) is 0 Å². The molecule has 3 rings (SSSR count). The summed E-state index contributed by atoms with van der Waals surface area (Å²) < 4.78 is 10.5. The number of anilines is 1. The van der Waals surface area contributed by atoms with Crippen LogP contribution in [-0.4, -0.2) is 19.0 Å². The van der Waals surface area contributed by atoms with Crippen molar-refractivity contribution >= 4 is 51.7 Å². The van der Waals surface area contributed by atoms with E-state index in [1.807, 2.05) is 6.07 Å². The number of carbonyl (C=O) groups excluding carboxylic acids is 2. The number of fused-ring (bicyclic) bond motifs is 1. The Labute approximate surface area is 159 Å². The number of hydrogen-bond donors (Lipinski definition) is 1. The fourth-order valence-electron chi connectivity index (χ4n) is 2.72. The molecular formula is C19H15Cl2NO4. The summed E-state index contributed by atoms with van der Waals surface area (Å²) in [6.45, 7) is 1.76. The van der Waals surface area contributed by atoms with Gasteiger partial charge >= 0.3 is 5.97 Å². The van der Waals surface area contributed by atoms with Crippen molar-refractivity contribution in [3.63, 3.8) is 0 Å². The molecule has 0 unspecified atom stereocenters. The van der Waals surface area contributed by atoms with Crippen molar-refractivity contribution in [1.82, 2.24) is 0 Å². The van der Waals surface area contributed by atoms with Crippen LogP contribution in [0.2, 0.25) is 10.0 Å². The molecule has 0 saturated carbocycles. The van der Waals surface area contributed by atoms with E-state index in [1.54, 1.807) is 37.3 Å². The number of methoxy groups -OCH3 is 1. The van der Waals surface area contributed by atoms with Crippen molar-refractivity contribution in [3.05, 3.63) is 63.3 Å². The maximum atomic E-state index is 12.6. The molecule has 1 N–H and O–H groups in total. The van der Waals surface area contributed by atoms with Crippen LogP contribution in [0.4, 0.5) is 5.69 Å². The molecule has 1 amide bonds. The van der Waals surface area contributed by atoms with Gasteiger partial charge in [0, 0.05) is 10.9 Å². The van der Waals surface area contributed by atoms with Crippen LogP contribution < -0.4 is 5.32 Å². The zero-order chi connectivity index (χ0) is 18.8. The number of amides is 1. The van der Waals surface area contributed by atoms with Gasteiger partial charge in [0.15, 0.2) is 5.58 Å². The first-order valence-electron chi connectivity index (χ1n) is 7.75. The number of para-hydroxylation sites is 1. The number of esters is 1. The highest BCUT2D eigenvalue weighted by Gasteiger charge is 2.20. The number of aryl methyl sites for hydroxylation is 1. The highest BCUT2D eigenvalue weighted by molar-refractivity contribution is 6.40. The maximum absolute atomic E-state index is 12.6. The minimum atomic E-state index is -0.448. The van der Waals surface area contributed by atoms with Crippen molar-refractivity contribution in [2.24, 2.45) is 0 Å². The zero-order valence-corrected chi connectivity index (χ0v) is 15.6. The maximum Gasteiger partial charge on any atom is 0.310 e. The van der Waals surface area contributed by atoms with Crippen molar-refractivity contribution in [2.75, 3.05) is 12.4 Å². The summed E-state index contributed by atoms with van der Waals surface area (Å²) in [5, 5.41) is 4.01. The molecule has 0 aliphatic carbocycles. The van der Waals surface area contributed by atoms with E-state index in [0.29, 0.717) is 17.0 Å². The van der Waals surface area contributed by atoms with Crippen LogP contribution in [0.15, 0.2) is 40.8 Å². The monoisotopic (exact) mass is 391 g/mol. The molecule has 7 heteroatoms. The van der Waals surface area contributed by atoms with Crippen molar-refractivity contribution in [2.45, 2.75) is 13.3 Å². The molecule has 0 bridgehead atoms. The average molecular weight is 392 g/mol. The van der Waals surface area contributed by atoms with Crippen LogP contribution in [0.5, 0.6) is 0 Å². The van der Waals surface area contributed by atoms with E-state index in [4.69, 9.17) is 32.4 Å². The average Bonchev–Trinajstić information content (AvgIpc) is 2.91. The molecule has 3 aromatic rings. The van der Waals surface area contributed by atoms with Gasteiger partial charge < -0.3 is 14.5 Å². The molecule has 1 aromatic heterocycles. The van der Waals surface area contributed by atoms with E-state index in [2.05, 4.69) is 5.32 Å². The summed E-state index contributed by atoms with van der Waals surface area (Å²) in [6, 6.07) is 10.1. The van der Waals surface area contributed by atoms with Gasteiger partial charge in [0.1, 0.15) is 5.76 Å². The van der Waals surface area contributed by atoms with Crippen LogP contribution >= 0.6 is 23.2 Å². The summed E-state index contributed by atoms with van der Waals surface area (Å²) in [6.07, 6.45) is 0.0864. The number of ether oxygens (including phenoxy) is 1. The van der Waals surface area contributed by atoms with Crippen LogP contribution in [-0.2, 0) is 16.0 Å². The van der Waals surface area contributed by atoms with Gasteiger partial charge in [0.05, 0.1) is 34.8 Å². The highest BCUT2D eigenvalue weighted by atomic mass is 35.5. The Morgan fingerprint density at radius 1 is 1.12 bits per heavy atom. The Morgan fingerprint density at radius 3 is 2.42 bits per heavy atom. The van der Waals surface area contributed by atoms with Gasteiger partial charge in [0.25, 0.3) is 5.91 Å². The third kappa shape index (κ3) is 3.41. The number of benzene rings is 2. The second-order valence-corrected chi connectivity index (χ2v) is 6.44. The lowest BCUT2D eigenvalue weighted by Gasteiger charge is -2.09. The summed E-state index contributed by atoms with van der Waals surface area (Å²) in [5.74, 6) is -0.229. The van der Waals surface area contributed by atoms with Gasteiger partial charge in [-0.3, -0.25) is 9.59 Å². The largest absolute Gasteiger partial charge is 0.469 e. The highest BCUT2D eigenvalue weighted by Crippen LogP contribution is 2.33. The first-order valence-corrected chi connectivity index (χ1v) is 8.51. The van der Waals surface area contributed by atoms with E-state index in [9.17, 15) is 9.59 Å². The Kier molecular flexibility index (Phi) is 5.20. The van der Waals surface area contributed by atoms with Crippen LogP contribution in [0.3, 0.4) is 0 Å². The molecule has 2 aromatic carbocycles. The number of furan rings is 1. The molecule has 0 spiro atoms. The SMILES string of the molecule is COC(=O)Cc1c(C)oc2c(NC(=O)c3c(Cl)cccc3Cl)cccc12. The van der Waals surface area contributed by atoms with Crippen molar-refractivity contribution in [1.29, 1.82) is 0 Å². The molecular weight excluding hydrogens is 377 g/mol. The van der Waals surface area contributed by atoms with Gasteiger partial charge in [-0.05, 0) is 25.1 Å². The summed E-state index contributed by atoms with van der Waals surface area (Å²) in [5.41, 5.74) is 1.84. The fraction of sp³-hybridized carbons (Fsp3) is 0.158. The summed E-state index contributed by atoms with van der Waals surface area (Å²) in [4.78, 5) is 24.3. The first kappa shape index (κ1) is 18.3. The third-order valence-corrected chi connectivity index (χ3v) is 4.64. The first-order chi connectivity index (χ1) is 12.4. The number of halogens is 2. The minimum Gasteiger partial charge on any atom is -0.469 e. The van der Waals surface area contributed by atoms with Gasteiger partial charge in [-0.1, -0.05) is 41.4 Å². The van der Waals surface area contributed by atoms with Crippen LogP contribution in [0.1, 0.15) is 21.7 Å². The molecule has 0 fully saturated rings. The smallest absolute Gasteiger partial charge is 0.310 e. The second kappa shape index (κ2) is 7.40. The number of nitrogens with one attached hydrogen (secondary N) is 1. The van der Waals surface area contributed by atoms with E-state index in [-0.39, 0.29) is 28.0 Å². The van der Waals surface area contributed by atoms with E-state index < -0.39 is 5.91 Å². The number of carbonyl (C=O) groups is 2. The van der Waals surface area contributed by atoms with E-state index in [0.717, 1.165) is 10.9 Å². The predicted octanol–water partition coefficient (Wildman–Crippen LogP) is 5.02. The molecule has 134 valence electrons. The van der Waals surface area contributed by atoms with E-state index >= 15 is 0 Å². The Hall–Kier alpha value is -2.50. The van der Waals surface area contributed by atoms with Crippen molar-refractivity contribution in [3.8, 4) is 0 Å². The third-order valence-electron chi connectivity index (χ3n) is 4.01. The molecule has 0 aliphatic heterocycles. The topological polar surface area (TPSA) is 68.5 Å². The predicted molar refractivity (Wildman–Crippen MR) is 101 cm³/mol. The van der Waals surface area contributed by atoms with Gasteiger partial charge in [-0.2, -0.15) is 0 Å². The Balaban J connectivity index is 2.00. The second-order valence-electron chi connectivity index (χ2n) is 5.62. The van der Waals surface area contributed by atoms with Crippen molar-refractivity contribution < 1.29 is 18.7 Å². The lowest BCUT2D eigenvalue weighted by atomic mass is 10.1. The summed E-state index contributed by atoms with van der Waals surface area (Å²) >= 11 is 12.2. The van der Waals surface area contributed by atoms with E-state index in [1.165, 1.54) is 7.11 Å². The zero-order valence-electron chi connectivity index (χ0n) is 14.1. The quantitative estimate of drug-likeness (QED) is 0.634. The lowest BCUT2D eigenvalue weighted by Crippen LogP contribution is -2.13. The van der Waals surface area contributed by atoms with Crippen LogP contribution in [0.25, 0.3) is 11.0 Å². The molecule has 0 aliphatic rings. The lowest BCUT2D eigenvalue weighted by molar-refractivity contribution is -0.139. The molecule has 26 heavy (non-hydrogen) atoms. The molecule has 0 saturated heterocycles. The molecule has 0 radical (unpaired) electrons. The standard InChI is InChI=1S/C19H15Cl2NO4/c1-10-12(9-16(23)25-2)11-5-3-8-15(18(11)26-10)22-19(24)17-13(20)6-4-7-14(17)21/h3-8H,9H2,1-2H3,(H,22,24). The summed E-state index contributed by atoms with van der Waals surface area (Å²) in [7, 11) is 1.33. The molecule has 1 heterocycles. The molecule has 0 atom stereocenters. The van der Waals surface area contributed by atoms with Gasteiger partial charge in [-0.25, -0.2) is 0 Å². The molecule has 5 nitrogen and oxygen atoms in total. The van der Waals surface area contributed by atoms with Crippen LogP contribution in [0, 0.1) is 6.92 Å². The Bertz CT molecular complexity index is 990. The number of hydrogen-bond acceptors (Lipinski definition) is 4.